The zero-order chi connectivity index (χ0) is 14.4. The largest absolute Gasteiger partial charge is 0.394 e. The second kappa shape index (κ2) is 7.89. The van der Waals surface area contributed by atoms with Crippen LogP contribution in [0.1, 0.15) is 11.1 Å². The first kappa shape index (κ1) is 16.5. The zero-order valence-corrected chi connectivity index (χ0v) is 13.3. The van der Waals surface area contributed by atoms with E-state index < -0.39 is 6.10 Å². The average molecular weight is 348 g/mol. The van der Waals surface area contributed by atoms with Crippen molar-refractivity contribution in [3.05, 3.63) is 27.7 Å². The molecule has 0 radical (unpaired) electrons. The summed E-state index contributed by atoms with van der Waals surface area (Å²) < 4.78 is 1.06. The Morgan fingerprint density at radius 1 is 1.42 bits per heavy atom. The number of carbonyl (C=O) groups excluding carboxylic acids is 1. The molecule has 106 valence electrons. The first-order valence-corrected chi connectivity index (χ1v) is 7.67. The molecule has 1 atom stereocenters. The van der Waals surface area contributed by atoms with Crippen LogP contribution < -0.4 is 5.32 Å². The van der Waals surface area contributed by atoms with Crippen LogP contribution in [0.4, 0.5) is 0 Å². The van der Waals surface area contributed by atoms with Crippen molar-refractivity contribution in [1.29, 1.82) is 0 Å². The lowest BCUT2D eigenvalue weighted by molar-refractivity contribution is -0.119. The van der Waals surface area contributed by atoms with E-state index in [9.17, 15) is 4.79 Å². The summed E-state index contributed by atoms with van der Waals surface area (Å²) in [5.41, 5.74) is 2.25. The molecule has 0 heterocycles. The Hall–Kier alpha value is -0.560. The van der Waals surface area contributed by atoms with Gasteiger partial charge in [0.15, 0.2) is 0 Å². The molecule has 0 spiro atoms. The zero-order valence-electron chi connectivity index (χ0n) is 10.9. The molecule has 0 aliphatic rings. The molecule has 0 aromatic heterocycles. The van der Waals surface area contributed by atoms with E-state index in [0.717, 1.165) is 20.5 Å². The Morgan fingerprint density at radius 3 is 2.74 bits per heavy atom. The number of amides is 1. The lowest BCUT2D eigenvalue weighted by Gasteiger charge is -2.10. The second-order valence-electron chi connectivity index (χ2n) is 4.30. The maximum atomic E-state index is 11.6. The van der Waals surface area contributed by atoms with Crippen molar-refractivity contribution in [2.75, 3.05) is 18.9 Å². The topological polar surface area (TPSA) is 69.6 Å². The quantitative estimate of drug-likeness (QED) is 0.684. The van der Waals surface area contributed by atoms with Crippen LogP contribution in [-0.2, 0) is 4.79 Å². The number of nitrogens with one attached hydrogen (secondary N) is 1. The summed E-state index contributed by atoms with van der Waals surface area (Å²) in [5, 5.41) is 20.3. The van der Waals surface area contributed by atoms with Crippen molar-refractivity contribution in [1.82, 2.24) is 5.32 Å². The lowest BCUT2D eigenvalue weighted by Crippen LogP contribution is -2.34. The number of benzene rings is 1. The Balaban J connectivity index is 2.48. The molecule has 3 N–H and O–H groups in total. The molecule has 0 bridgehead atoms. The Kier molecular flexibility index (Phi) is 6.85. The van der Waals surface area contributed by atoms with Crippen molar-refractivity contribution in [2.45, 2.75) is 24.8 Å². The highest BCUT2D eigenvalue weighted by Gasteiger charge is 2.08. The number of hydrogen-bond donors (Lipinski definition) is 3. The van der Waals surface area contributed by atoms with Crippen molar-refractivity contribution < 1.29 is 15.0 Å². The first-order valence-electron chi connectivity index (χ1n) is 5.89. The summed E-state index contributed by atoms with van der Waals surface area (Å²) in [6.45, 7) is 3.73. The molecule has 6 heteroatoms. The molecule has 0 fully saturated rings. The third-order valence-electron chi connectivity index (χ3n) is 2.56. The lowest BCUT2D eigenvalue weighted by atomic mass is 10.2. The van der Waals surface area contributed by atoms with Crippen molar-refractivity contribution in [2.24, 2.45) is 0 Å². The number of thioether (sulfide) groups is 1. The summed E-state index contributed by atoms with van der Waals surface area (Å²) in [5.74, 6) is 0.137. The van der Waals surface area contributed by atoms with E-state index in [1.807, 2.05) is 26.0 Å². The van der Waals surface area contributed by atoms with Crippen LogP contribution in [0.25, 0.3) is 0 Å². The van der Waals surface area contributed by atoms with Crippen LogP contribution in [0, 0.1) is 13.8 Å². The number of carbonyl (C=O) groups is 1. The van der Waals surface area contributed by atoms with Crippen LogP contribution in [0.5, 0.6) is 0 Å². The van der Waals surface area contributed by atoms with E-state index in [4.69, 9.17) is 10.2 Å². The highest BCUT2D eigenvalue weighted by Crippen LogP contribution is 2.28. The highest BCUT2D eigenvalue weighted by molar-refractivity contribution is 9.10. The number of rotatable bonds is 6. The smallest absolute Gasteiger partial charge is 0.230 e. The van der Waals surface area contributed by atoms with Gasteiger partial charge in [-0.25, -0.2) is 0 Å². The summed E-state index contributed by atoms with van der Waals surface area (Å²) >= 11 is 4.93. The van der Waals surface area contributed by atoms with E-state index in [0.29, 0.717) is 5.75 Å². The van der Waals surface area contributed by atoms with Crippen molar-refractivity contribution in [3.8, 4) is 0 Å². The fourth-order valence-corrected chi connectivity index (χ4v) is 2.79. The molecule has 19 heavy (non-hydrogen) atoms. The maximum absolute atomic E-state index is 11.6. The van der Waals surface area contributed by atoms with Crippen LogP contribution >= 0.6 is 27.7 Å². The second-order valence-corrected chi connectivity index (χ2v) is 6.17. The molecule has 4 nitrogen and oxygen atoms in total. The molecule has 0 saturated heterocycles. The van der Waals surface area contributed by atoms with Crippen LogP contribution in [0.3, 0.4) is 0 Å². The summed E-state index contributed by atoms with van der Waals surface area (Å²) in [6, 6.07) is 4.07. The summed E-state index contributed by atoms with van der Waals surface area (Å²) in [4.78, 5) is 12.6. The maximum Gasteiger partial charge on any atom is 0.230 e. The molecule has 1 rings (SSSR count). The summed E-state index contributed by atoms with van der Waals surface area (Å²) in [7, 11) is 0. The van der Waals surface area contributed by atoms with Crippen molar-refractivity contribution in [3.63, 3.8) is 0 Å². The average Bonchev–Trinajstić information content (AvgIpc) is 2.38. The number of hydrogen-bond acceptors (Lipinski definition) is 4. The molecule has 1 aromatic rings. The van der Waals surface area contributed by atoms with E-state index in [2.05, 4.69) is 21.2 Å². The molecule has 0 saturated carbocycles. The van der Waals surface area contributed by atoms with E-state index in [-0.39, 0.29) is 19.1 Å². The van der Waals surface area contributed by atoms with Gasteiger partial charge in [0.1, 0.15) is 0 Å². The minimum absolute atomic E-state index is 0.0776. The molecule has 0 aliphatic heterocycles. The predicted octanol–water partition coefficient (Wildman–Crippen LogP) is 1.63. The molecule has 0 aliphatic carbocycles. The Morgan fingerprint density at radius 2 is 2.11 bits per heavy atom. The molecular formula is C13H18BrNO3S. The number of aryl methyl sites for hydroxylation is 2. The fourth-order valence-electron chi connectivity index (χ4n) is 1.40. The molecule has 1 unspecified atom stereocenters. The minimum Gasteiger partial charge on any atom is -0.394 e. The van der Waals surface area contributed by atoms with Gasteiger partial charge in [0, 0.05) is 15.9 Å². The SMILES string of the molecule is Cc1cc(SCC(=O)NCC(O)CO)c(C)cc1Br. The van der Waals surface area contributed by atoms with Crippen LogP contribution in [0.2, 0.25) is 0 Å². The third-order valence-corrected chi connectivity index (χ3v) is 4.57. The van der Waals surface area contributed by atoms with Crippen LogP contribution in [0.15, 0.2) is 21.5 Å². The van der Waals surface area contributed by atoms with Gasteiger partial charge in [-0.15, -0.1) is 11.8 Å². The van der Waals surface area contributed by atoms with Crippen LogP contribution in [-0.4, -0.2) is 41.1 Å². The molecule has 1 aromatic carbocycles. The number of aliphatic hydroxyl groups is 2. The molecular weight excluding hydrogens is 330 g/mol. The molecule has 1 amide bonds. The van der Waals surface area contributed by atoms with E-state index >= 15 is 0 Å². The minimum atomic E-state index is -0.898. The van der Waals surface area contributed by atoms with Crippen molar-refractivity contribution >= 4 is 33.6 Å². The fraction of sp³-hybridized carbons (Fsp3) is 0.462. The predicted molar refractivity (Wildman–Crippen MR) is 80.4 cm³/mol. The van der Waals surface area contributed by atoms with Gasteiger partial charge in [0.2, 0.25) is 5.91 Å². The Labute approximate surface area is 125 Å². The normalized spacial score (nSPS) is 12.3. The van der Waals surface area contributed by atoms with Gasteiger partial charge < -0.3 is 15.5 Å². The van der Waals surface area contributed by atoms with E-state index in [1.54, 1.807) is 0 Å². The number of halogens is 1. The standard InChI is InChI=1S/C13H18BrNO3S/c1-8-4-12(9(2)3-11(8)14)19-7-13(18)15-5-10(17)6-16/h3-4,10,16-17H,5-7H2,1-2H3,(H,15,18). The third kappa shape index (κ3) is 5.52. The van der Waals surface area contributed by atoms with Gasteiger partial charge in [-0.3, -0.25) is 4.79 Å². The van der Waals surface area contributed by atoms with E-state index in [1.165, 1.54) is 11.8 Å². The van der Waals surface area contributed by atoms with Gasteiger partial charge in [-0.1, -0.05) is 15.9 Å². The van der Waals surface area contributed by atoms with Gasteiger partial charge in [-0.2, -0.15) is 0 Å². The van der Waals surface area contributed by atoms with Gasteiger partial charge >= 0.3 is 0 Å². The van der Waals surface area contributed by atoms with Gasteiger partial charge in [0.25, 0.3) is 0 Å². The Bertz CT molecular complexity index is 454. The van der Waals surface area contributed by atoms with Gasteiger partial charge in [-0.05, 0) is 37.1 Å². The monoisotopic (exact) mass is 347 g/mol. The number of aliphatic hydroxyl groups excluding tert-OH is 2. The van der Waals surface area contributed by atoms with Gasteiger partial charge in [0.05, 0.1) is 18.5 Å². The first-order chi connectivity index (χ1) is 8.93. The highest BCUT2D eigenvalue weighted by atomic mass is 79.9. The summed E-state index contributed by atoms with van der Waals surface area (Å²) in [6.07, 6.45) is -0.898.